The van der Waals surface area contributed by atoms with Crippen molar-refractivity contribution in [1.82, 2.24) is 14.3 Å². The van der Waals surface area contributed by atoms with Gasteiger partial charge in [0, 0.05) is 26.0 Å². The molecule has 7 nitrogen and oxygen atoms in total. The predicted octanol–water partition coefficient (Wildman–Crippen LogP) is 0.809. The fourth-order valence-corrected chi connectivity index (χ4v) is 2.82. The molecule has 1 N–H and O–H groups in total. The highest BCUT2D eigenvalue weighted by molar-refractivity contribution is 7.89. The number of hydrogen-bond acceptors (Lipinski definition) is 4. The van der Waals surface area contributed by atoms with E-state index in [4.69, 9.17) is 0 Å². The van der Waals surface area contributed by atoms with Crippen LogP contribution in [0.5, 0.6) is 0 Å². The summed E-state index contributed by atoms with van der Waals surface area (Å²) < 4.78 is 40.9. The summed E-state index contributed by atoms with van der Waals surface area (Å²) >= 11 is 0. The molecule has 0 saturated heterocycles. The Morgan fingerprint density at radius 1 is 1.35 bits per heavy atom. The normalized spacial score (nSPS) is 11.5. The van der Waals surface area contributed by atoms with Gasteiger partial charge in [0.2, 0.25) is 5.91 Å². The van der Waals surface area contributed by atoms with E-state index in [9.17, 15) is 17.6 Å². The highest BCUT2D eigenvalue weighted by Gasteiger charge is 2.21. The third-order valence-corrected chi connectivity index (χ3v) is 4.64. The first-order chi connectivity index (χ1) is 10.7. The Balaban J connectivity index is 2.04. The molecule has 0 atom stereocenters. The number of nitrogens with zero attached hydrogens (tertiary/aromatic N) is 3. The largest absolute Gasteiger partial charge is 0.337 e. The maximum Gasteiger partial charge on any atom is 0.260 e. The molecule has 0 aliphatic heterocycles. The van der Waals surface area contributed by atoms with Crippen LogP contribution >= 0.6 is 0 Å². The van der Waals surface area contributed by atoms with Crippen molar-refractivity contribution >= 4 is 21.6 Å². The van der Waals surface area contributed by atoms with Gasteiger partial charge in [0.05, 0.1) is 6.54 Å². The van der Waals surface area contributed by atoms with Crippen LogP contribution in [0.15, 0.2) is 35.5 Å². The van der Waals surface area contributed by atoms with Crippen molar-refractivity contribution in [3.8, 4) is 0 Å². The zero-order chi connectivity index (χ0) is 17.2. The molecule has 2 rings (SSSR count). The van der Waals surface area contributed by atoms with E-state index in [1.807, 2.05) is 0 Å². The molecule has 0 fully saturated rings. The lowest BCUT2D eigenvalue weighted by Crippen LogP contribution is -2.38. The lowest BCUT2D eigenvalue weighted by molar-refractivity contribution is -0.117. The van der Waals surface area contributed by atoms with Crippen molar-refractivity contribution in [2.45, 2.75) is 11.9 Å². The zero-order valence-corrected chi connectivity index (χ0v) is 13.8. The molecule has 1 aromatic carbocycles. The first kappa shape index (κ1) is 17.1. The molecule has 0 spiro atoms. The van der Waals surface area contributed by atoms with Crippen molar-refractivity contribution in [1.29, 1.82) is 0 Å². The van der Waals surface area contributed by atoms with E-state index in [2.05, 4.69) is 9.71 Å². The number of likely N-dealkylation sites (N-methyl/N-ethyl adjacent to an activating group) is 1. The number of benzene rings is 1. The van der Waals surface area contributed by atoms with Crippen LogP contribution < -0.4 is 9.62 Å². The molecule has 0 aliphatic carbocycles. The van der Waals surface area contributed by atoms with Crippen molar-refractivity contribution in [2.24, 2.45) is 7.05 Å². The smallest absolute Gasteiger partial charge is 0.260 e. The number of amides is 1. The summed E-state index contributed by atoms with van der Waals surface area (Å²) in [6, 6.07) is 5.31. The lowest BCUT2D eigenvalue weighted by atomic mass is 10.3. The summed E-state index contributed by atoms with van der Waals surface area (Å²) in [6.07, 6.45) is 1.37. The number of rotatable bonds is 5. The van der Waals surface area contributed by atoms with Crippen LogP contribution in [0.4, 0.5) is 10.1 Å². The second-order valence-electron chi connectivity index (χ2n) is 4.99. The van der Waals surface area contributed by atoms with Gasteiger partial charge in [-0.3, -0.25) is 4.79 Å². The van der Waals surface area contributed by atoms with Crippen molar-refractivity contribution < 1.29 is 17.6 Å². The lowest BCUT2D eigenvalue weighted by Gasteiger charge is -2.17. The number of sulfonamides is 1. The van der Waals surface area contributed by atoms with E-state index in [0.717, 1.165) is 0 Å². The van der Waals surface area contributed by atoms with E-state index in [-0.39, 0.29) is 5.03 Å². The van der Waals surface area contributed by atoms with Crippen LogP contribution in [-0.2, 0) is 21.9 Å². The Kier molecular flexibility index (Phi) is 4.81. The van der Waals surface area contributed by atoms with Gasteiger partial charge >= 0.3 is 0 Å². The number of aromatic nitrogens is 2. The molecule has 9 heteroatoms. The Morgan fingerprint density at radius 2 is 1.96 bits per heavy atom. The zero-order valence-electron chi connectivity index (χ0n) is 12.9. The minimum Gasteiger partial charge on any atom is -0.337 e. The molecule has 1 aromatic heterocycles. The molecule has 1 heterocycles. The second kappa shape index (κ2) is 6.47. The average molecular weight is 340 g/mol. The van der Waals surface area contributed by atoms with Gasteiger partial charge in [-0.25, -0.2) is 22.5 Å². The summed E-state index contributed by atoms with van der Waals surface area (Å²) in [4.78, 5) is 17.2. The molecule has 0 aliphatic rings. The third kappa shape index (κ3) is 3.93. The minimum atomic E-state index is -3.87. The molecule has 0 unspecified atom stereocenters. The number of carbonyl (C=O) groups is 1. The SMILES string of the molecule is Cc1nc(S(=O)(=O)NCC(=O)N(C)c2ccc(F)cc2)cn1C. The van der Waals surface area contributed by atoms with Crippen LogP contribution in [-0.4, -0.2) is 37.5 Å². The van der Waals surface area contributed by atoms with Gasteiger partial charge < -0.3 is 9.47 Å². The van der Waals surface area contributed by atoms with Crippen molar-refractivity contribution in [3.05, 3.63) is 42.1 Å². The summed E-state index contributed by atoms with van der Waals surface area (Å²) in [5, 5.41) is -0.144. The summed E-state index contributed by atoms with van der Waals surface area (Å²) in [5.41, 5.74) is 0.462. The van der Waals surface area contributed by atoms with Crippen molar-refractivity contribution in [2.75, 3.05) is 18.5 Å². The second-order valence-corrected chi connectivity index (χ2v) is 6.70. The summed E-state index contributed by atoms with van der Waals surface area (Å²) in [6.45, 7) is 1.25. The molecule has 2 aromatic rings. The maximum absolute atomic E-state index is 12.9. The number of anilines is 1. The van der Waals surface area contributed by atoms with Crippen LogP contribution in [0, 0.1) is 12.7 Å². The van der Waals surface area contributed by atoms with Crippen LogP contribution in [0.1, 0.15) is 5.82 Å². The molecule has 0 bridgehead atoms. The Bertz CT molecular complexity index is 796. The number of imidazole rings is 1. The van der Waals surface area contributed by atoms with E-state index < -0.39 is 28.3 Å². The first-order valence-electron chi connectivity index (χ1n) is 6.72. The number of nitrogens with one attached hydrogen (secondary N) is 1. The fourth-order valence-electron chi connectivity index (χ4n) is 1.81. The first-order valence-corrected chi connectivity index (χ1v) is 8.21. The summed E-state index contributed by atoms with van der Waals surface area (Å²) in [5.74, 6) is -0.353. The van der Waals surface area contributed by atoms with Gasteiger partial charge in [-0.15, -0.1) is 0 Å². The number of aryl methyl sites for hydroxylation is 2. The number of halogens is 1. The van der Waals surface area contributed by atoms with Crippen LogP contribution in [0.25, 0.3) is 0 Å². The highest BCUT2D eigenvalue weighted by Crippen LogP contribution is 2.13. The molecular formula is C14H17FN4O3S. The Hall–Kier alpha value is -2.26. The predicted molar refractivity (Wildman–Crippen MR) is 82.9 cm³/mol. The third-order valence-electron chi connectivity index (χ3n) is 3.36. The van der Waals surface area contributed by atoms with Gasteiger partial charge in [-0.1, -0.05) is 0 Å². The van der Waals surface area contributed by atoms with Gasteiger partial charge in [0.1, 0.15) is 11.6 Å². The van der Waals surface area contributed by atoms with Crippen LogP contribution in [0.3, 0.4) is 0 Å². The van der Waals surface area contributed by atoms with Gasteiger partial charge in [-0.05, 0) is 31.2 Å². The topological polar surface area (TPSA) is 84.3 Å². The van der Waals surface area contributed by atoms with Gasteiger partial charge in [0.25, 0.3) is 10.0 Å². The summed E-state index contributed by atoms with van der Waals surface area (Å²) in [7, 11) is -0.713. The minimum absolute atomic E-state index is 0.144. The molecule has 0 saturated carbocycles. The van der Waals surface area contributed by atoms with E-state index in [1.165, 1.54) is 42.4 Å². The monoisotopic (exact) mass is 340 g/mol. The molecular weight excluding hydrogens is 323 g/mol. The maximum atomic E-state index is 12.9. The standard InChI is InChI=1S/C14H17FN4O3S/c1-10-17-13(9-18(10)2)23(21,22)16-8-14(20)19(3)12-6-4-11(15)5-7-12/h4-7,9,16H,8H2,1-3H3. The van der Waals surface area contributed by atoms with Crippen LogP contribution in [0.2, 0.25) is 0 Å². The Labute approximate surface area is 133 Å². The van der Waals surface area contributed by atoms with E-state index >= 15 is 0 Å². The van der Waals surface area contributed by atoms with E-state index in [0.29, 0.717) is 11.5 Å². The van der Waals surface area contributed by atoms with Gasteiger partial charge in [0.15, 0.2) is 5.03 Å². The highest BCUT2D eigenvalue weighted by atomic mass is 32.2. The number of hydrogen-bond donors (Lipinski definition) is 1. The molecule has 0 radical (unpaired) electrons. The van der Waals surface area contributed by atoms with Gasteiger partial charge in [-0.2, -0.15) is 0 Å². The fraction of sp³-hybridized carbons (Fsp3) is 0.286. The van der Waals surface area contributed by atoms with E-state index in [1.54, 1.807) is 18.5 Å². The number of carbonyl (C=O) groups excluding carboxylic acids is 1. The molecule has 23 heavy (non-hydrogen) atoms. The Morgan fingerprint density at radius 3 is 2.48 bits per heavy atom. The molecule has 124 valence electrons. The quantitative estimate of drug-likeness (QED) is 0.873. The molecule has 1 amide bonds. The average Bonchev–Trinajstić information content (AvgIpc) is 2.85. The van der Waals surface area contributed by atoms with Crippen molar-refractivity contribution in [3.63, 3.8) is 0 Å².